The first-order valence-corrected chi connectivity index (χ1v) is 8.98. The number of hydrogen-bond donors (Lipinski definition) is 1. The van der Waals surface area contributed by atoms with E-state index in [0.717, 1.165) is 0 Å². The Kier molecular flexibility index (Phi) is 5.26. The number of methoxy groups -OCH3 is 1. The van der Waals surface area contributed by atoms with E-state index in [1.165, 1.54) is 12.0 Å². The number of rotatable bonds is 3. The lowest BCUT2D eigenvalue weighted by Gasteiger charge is -2.40. The monoisotopic (exact) mass is 388 g/mol. The fourth-order valence-electron chi connectivity index (χ4n) is 3.04. The Morgan fingerprint density at radius 3 is 2.36 bits per heavy atom. The van der Waals surface area contributed by atoms with E-state index in [1.807, 2.05) is 18.2 Å². The number of aromatic nitrogens is 2. The van der Waals surface area contributed by atoms with Gasteiger partial charge < -0.3 is 24.4 Å². The molecule has 1 atom stereocenters. The zero-order valence-corrected chi connectivity index (χ0v) is 16.4. The first-order chi connectivity index (χ1) is 13.2. The van der Waals surface area contributed by atoms with Crippen molar-refractivity contribution in [2.75, 3.05) is 31.6 Å². The second-order valence-corrected chi connectivity index (χ2v) is 7.52. The zero-order valence-electron chi connectivity index (χ0n) is 16.4. The summed E-state index contributed by atoms with van der Waals surface area (Å²) in [6, 6.07) is 6.30. The molecular formula is C19H24N4O5. The molecule has 1 amide bonds. The van der Waals surface area contributed by atoms with Crippen LogP contribution in [0.15, 0.2) is 24.3 Å². The molecule has 2 aromatic rings. The number of aliphatic carboxylic acids is 1. The van der Waals surface area contributed by atoms with Gasteiger partial charge in [-0.25, -0.2) is 19.6 Å². The first kappa shape index (κ1) is 19.7. The number of fused-ring (bicyclic) bond motifs is 1. The fraction of sp³-hybridized carbons (Fsp3) is 0.474. The number of ether oxygens (including phenoxy) is 2. The molecule has 28 heavy (non-hydrogen) atoms. The van der Waals surface area contributed by atoms with Crippen molar-refractivity contribution < 1.29 is 24.2 Å². The molecule has 9 heteroatoms. The third-order valence-electron chi connectivity index (χ3n) is 4.30. The molecule has 0 saturated carbocycles. The lowest BCUT2D eigenvalue weighted by Crippen LogP contribution is -2.58. The van der Waals surface area contributed by atoms with Crippen LogP contribution in [0.25, 0.3) is 11.0 Å². The van der Waals surface area contributed by atoms with Gasteiger partial charge in [-0.3, -0.25) is 0 Å². The molecule has 1 fully saturated rings. The number of anilines is 1. The van der Waals surface area contributed by atoms with Crippen LogP contribution in [0.5, 0.6) is 5.88 Å². The van der Waals surface area contributed by atoms with Crippen molar-refractivity contribution in [1.82, 2.24) is 14.9 Å². The predicted molar refractivity (Wildman–Crippen MR) is 103 cm³/mol. The van der Waals surface area contributed by atoms with E-state index in [4.69, 9.17) is 9.47 Å². The smallest absolute Gasteiger partial charge is 0.410 e. The summed E-state index contributed by atoms with van der Waals surface area (Å²) >= 11 is 0. The number of piperazine rings is 1. The minimum atomic E-state index is -1.06. The minimum Gasteiger partial charge on any atom is -0.480 e. The topological polar surface area (TPSA) is 105 Å². The molecule has 0 radical (unpaired) electrons. The maximum atomic E-state index is 12.4. The van der Waals surface area contributed by atoms with Crippen molar-refractivity contribution >= 4 is 28.9 Å². The standard InChI is InChI=1S/C19H24N4O5/c1-19(2,3)28-18(26)22-9-10-23(14(11-22)17(24)25)15-16(27-4)21-13-8-6-5-7-12(13)20-15/h5-8,14H,9-11H2,1-4H3,(H,24,25)/t14-/m1/s1. The first-order valence-electron chi connectivity index (χ1n) is 8.98. The second kappa shape index (κ2) is 7.49. The van der Waals surface area contributed by atoms with Crippen LogP contribution in [0, 0.1) is 0 Å². The lowest BCUT2D eigenvalue weighted by molar-refractivity contribution is -0.139. The Hall–Kier alpha value is -3.10. The summed E-state index contributed by atoms with van der Waals surface area (Å²) in [5.74, 6) is -0.474. The number of carboxylic acid groups (broad SMARTS) is 1. The molecule has 2 heterocycles. The normalized spacial score (nSPS) is 17.5. The van der Waals surface area contributed by atoms with Gasteiger partial charge in [0, 0.05) is 13.1 Å². The number of carbonyl (C=O) groups excluding carboxylic acids is 1. The van der Waals surface area contributed by atoms with Gasteiger partial charge in [-0.1, -0.05) is 12.1 Å². The summed E-state index contributed by atoms with van der Waals surface area (Å²) in [6.07, 6.45) is -0.532. The average Bonchev–Trinajstić information content (AvgIpc) is 2.65. The summed E-state index contributed by atoms with van der Waals surface area (Å²) in [5, 5.41) is 9.77. The van der Waals surface area contributed by atoms with E-state index in [9.17, 15) is 14.7 Å². The highest BCUT2D eigenvalue weighted by Crippen LogP contribution is 2.30. The van der Waals surface area contributed by atoms with Crippen molar-refractivity contribution in [3.8, 4) is 5.88 Å². The molecule has 1 aromatic heterocycles. The van der Waals surface area contributed by atoms with Crippen LogP contribution in [0.3, 0.4) is 0 Å². The van der Waals surface area contributed by atoms with Gasteiger partial charge in [-0.2, -0.15) is 0 Å². The quantitative estimate of drug-likeness (QED) is 0.853. The summed E-state index contributed by atoms with van der Waals surface area (Å²) in [7, 11) is 1.47. The second-order valence-electron chi connectivity index (χ2n) is 7.52. The van der Waals surface area contributed by atoms with Crippen LogP contribution in [-0.2, 0) is 9.53 Å². The Morgan fingerprint density at radius 1 is 1.14 bits per heavy atom. The van der Waals surface area contributed by atoms with Gasteiger partial charge in [0.15, 0.2) is 5.82 Å². The van der Waals surface area contributed by atoms with Gasteiger partial charge in [-0.05, 0) is 32.9 Å². The molecule has 1 aromatic carbocycles. The summed E-state index contributed by atoms with van der Waals surface area (Å²) < 4.78 is 10.7. The van der Waals surface area contributed by atoms with Crippen molar-refractivity contribution in [3.63, 3.8) is 0 Å². The van der Waals surface area contributed by atoms with Gasteiger partial charge in [0.25, 0.3) is 5.88 Å². The van der Waals surface area contributed by atoms with Crippen LogP contribution in [0.2, 0.25) is 0 Å². The van der Waals surface area contributed by atoms with Crippen molar-refractivity contribution in [2.24, 2.45) is 0 Å². The molecule has 1 N–H and O–H groups in total. The summed E-state index contributed by atoms with van der Waals surface area (Å²) in [4.78, 5) is 36.3. The highest BCUT2D eigenvalue weighted by atomic mass is 16.6. The van der Waals surface area contributed by atoms with Gasteiger partial charge >= 0.3 is 12.1 Å². The highest BCUT2D eigenvalue weighted by Gasteiger charge is 2.38. The van der Waals surface area contributed by atoms with Crippen molar-refractivity contribution in [2.45, 2.75) is 32.4 Å². The number of carboxylic acids is 1. The number of benzene rings is 1. The molecule has 0 spiro atoms. The molecule has 0 bridgehead atoms. The molecule has 1 saturated heterocycles. The molecule has 0 aliphatic carbocycles. The highest BCUT2D eigenvalue weighted by molar-refractivity contribution is 5.83. The third kappa shape index (κ3) is 4.08. The summed E-state index contributed by atoms with van der Waals surface area (Å²) in [6.45, 7) is 5.85. The SMILES string of the molecule is COc1nc2ccccc2nc1N1CCN(C(=O)OC(C)(C)C)C[C@@H]1C(=O)O. The van der Waals surface area contributed by atoms with E-state index in [2.05, 4.69) is 9.97 Å². The van der Waals surface area contributed by atoms with E-state index < -0.39 is 23.7 Å². The molecular weight excluding hydrogens is 364 g/mol. The Morgan fingerprint density at radius 2 is 1.79 bits per heavy atom. The maximum absolute atomic E-state index is 12.4. The van der Waals surface area contributed by atoms with Gasteiger partial charge in [0.05, 0.1) is 24.7 Å². The number of amides is 1. The molecule has 0 unspecified atom stereocenters. The summed E-state index contributed by atoms with van der Waals surface area (Å²) in [5.41, 5.74) is 0.638. The van der Waals surface area contributed by atoms with Gasteiger partial charge in [0.2, 0.25) is 0 Å². The zero-order chi connectivity index (χ0) is 20.5. The Bertz CT molecular complexity index is 896. The fourth-order valence-corrected chi connectivity index (χ4v) is 3.04. The van der Waals surface area contributed by atoms with Crippen LogP contribution >= 0.6 is 0 Å². The van der Waals surface area contributed by atoms with E-state index in [1.54, 1.807) is 31.7 Å². The van der Waals surface area contributed by atoms with E-state index >= 15 is 0 Å². The van der Waals surface area contributed by atoms with Crippen LogP contribution in [0.1, 0.15) is 20.8 Å². The Labute approximate surface area is 162 Å². The molecule has 1 aliphatic heterocycles. The van der Waals surface area contributed by atoms with Crippen molar-refractivity contribution in [3.05, 3.63) is 24.3 Å². The van der Waals surface area contributed by atoms with E-state index in [-0.39, 0.29) is 19.0 Å². The lowest BCUT2D eigenvalue weighted by atomic mass is 10.1. The van der Waals surface area contributed by atoms with Gasteiger partial charge in [0.1, 0.15) is 11.6 Å². The number of nitrogens with zero attached hydrogens (tertiary/aromatic N) is 4. The molecule has 3 rings (SSSR count). The van der Waals surface area contributed by atoms with Crippen LogP contribution in [0.4, 0.5) is 10.6 Å². The van der Waals surface area contributed by atoms with Crippen LogP contribution in [-0.4, -0.2) is 70.4 Å². The largest absolute Gasteiger partial charge is 0.480 e. The number of para-hydroxylation sites is 2. The predicted octanol–water partition coefficient (Wildman–Crippen LogP) is 2.15. The number of hydrogen-bond acceptors (Lipinski definition) is 7. The Balaban J connectivity index is 1.91. The third-order valence-corrected chi connectivity index (χ3v) is 4.30. The van der Waals surface area contributed by atoms with Gasteiger partial charge in [-0.15, -0.1) is 0 Å². The number of carbonyl (C=O) groups is 2. The molecule has 9 nitrogen and oxygen atoms in total. The average molecular weight is 388 g/mol. The van der Waals surface area contributed by atoms with Crippen LogP contribution < -0.4 is 9.64 Å². The van der Waals surface area contributed by atoms with E-state index in [0.29, 0.717) is 23.4 Å². The molecule has 150 valence electrons. The van der Waals surface area contributed by atoms with Crippen molar-refractivity contribution in [1.29, 1.82) is 0 Å². The maximum Gasteiger partial charge on any atom is 0.410 e. The minimum absolute atomic E-state index is 0.0259. The molecule has 1 aliphatic rings.